The van der Waals surface area contributed by atoms with Crippen molar-refractivity contribution in [3.8, 4) is 0 Å². The summed E-state index contributed by atoms with van der Waals surface area (Å²) in [5.74, 6) is 0. The minimum absolute atomic E-state index is 0. The van der Waals surface area contributed by atoms with Crippen molar-refractivity contribution in [3.63, 3.8) is 0 Å². The fourth-order valence-corrected chi connectivity index (χ4v) is 0. The van der Waals surface area contributed by atoms with E-state index in [1.165, 1.54) is 0 Å². The summed E-state index contributed by atoms with van der Waals surface area (Å²) in [5, 5.41) is 12.2. The molecule has 0 spiro atoms. The maximum absolute atomic E-state index is 6.75. The third-order valence-corrected chi connectivity index (χ3v) is 0. The van der Waals surface area contributed by atoms with Crippen LogP contribution in [0.1, 0.15) is 0 Å². The van der Waals surface area contributed by atoms with Crippen LogP contribution in [0.4, 0.5) is 0 Å². The van der Waals surface area contributed by atoms with Crippen molar-refractivity contribution in [2.75, 3.05) is 0 Å². The van der Waals surface area contributed by atoms with Gasteiger partial charge in [0, 0.05) is 0 Å². The zero-order valence-electron chi connectivity index (χ0n) is 3.07. The second kappa shape index (κ2) is 9.23. The number of rotatable bonds is 0. The molecule has 2 nitrogen and oxygen atoms in total. The van der Waals surface area contributed by atoms with Crippen LogP contribution in [0.2, 0.25) is 0 Å². The van der Waals surface area contributed by atoms with Crippen LogP contribution >= 0.6 is 0 Å². The normalized spacial score (nSPS) is 2.40. The average molecular weight is 330 g/mol. The van der Waals surface area contributed by atoms with Crippen LogP contribution in [-0.4, -0.2) is 10.2 Å². The quantitative estimate of drug-likeness (QED) is 0.479. The van der Waals surface area contributed by atoms with E-state index in [9.17, 15) is 0 Å². The molecule has 0 saturated heterocycles. The second-order valence-corrected chi connectivity index (χ2v) is 0. The van der Waals surface area contributed by atoms with Crippen molar-refractivity contribution in [1.82, 2.24) is 0 Å². The van der Waals surface area contributed by atoms with Crippen molar-refractivity contribution in [2.24, 2.45) is 0 Å². The molecule has 0 aliphatic carbocycles. The van der Waals surface area contributed by atoms with E-state index < -0.39 is 0 Å². The molecule has 0 atom stereocenters. The van der Waals surface area contributed by atoms with E-state index >= 15 is 0 Å². The van der Waals surface area contributed by atoms with Crippen LogP contribution < -0.4 is 0 Å². The smallest absolute Gasteiger partial charge is 0 e. The molecule has 0 bridgehead atoms. The van der Waals surface area contributed by atoms with Crippen molar-refractivity contribution >= 4 is 0 Å². The Kier molecular flexibility index (Phi) is 72.9. The first kappa shape index (κ1) is 39.5. The zero-order valence-corrected chi connectivity index (χ0v) is 9.47. The summed E-state index contributed by atoms with van der Waals surface area (Å²) < 4.78 is 0. The van der Waals surface area contributed by atoms with E-state index in [4.69, 9.17) is 10.2 Å². The van der Waals surface area contributed by atoms with Crippen LogP contribution in [0, 0.1) is 14.2 Å². The molecule has 5 heavy (non-hydrogen) atoms. The number of aliphatic hydroxyl groups is 1. The molecule has 0 rings (SSSR count). The first-order valence-corrected chi connectivity index (χ1v) is 0.670. The Bertz CT molecular complexity index is 7.61. The van der Waals surface area contributed by atoms with Gasteiger partial charge in [-0.1, -0.05) is 7.11 Å². The summed E-state index contributed by atoms with van der Waals surface area (Å²) >= 11 is 0. The third-order valence-electron chi connectivity index (χ3n) is 0. The molecule has 0 amide bonds. The van der Waals surface area contributed by atoms with Crippen molar-refractivity contribution in [2.45, 2.75) is 0 Å². The summed E-state index contributed by atoms with van der Waals surface area (Å²) in [7, 11) is 4.75. The standard InChI is InChI=1S/CH4O.CH3O.Rf/c2*1-2;/h1-2H2;2H,1H2;/q;-1;. The Hall–Kier alpha value is -1.08. The average Bonchev–Trinajstić information content (AvgIpc) is 1.50. The van der Waals surface area contributed by atoms with Crippen LogP contribution in [-0.2, 0) is 0 Å². The van der Waals surface area contributed by atoms with E-state index in [1.54, 1.807) is 0 Å². The Balaban J connectivity index is -0.0000000133. The first-order valence-electron chi connectivity index (χ1n) is 0.670. The van der Waals surface area contributed by atoms with Gasteiger partial charge < -0.3 is 10.2 Å². The molecule has 3 N–H and O–H groups in total. The molecule has 0 radical (unpaired) electrons. The Morgan fingerprint density at radius 2 is 1.20 bits per heavy atom. The van der Waals surface area contributed by atoms with Crippen LogP contribution in [0.25, 0.3) is 0 Å². The van der Waals surface area contributed by atoms with E-state index in [0.29, 0.717) is 0 Å². The van der Waals surface area contributed by atoms with Crippen molar-refractivity contribution < 1.29 is 10.2 Å². The molecule has 30 valence electrons. The number of hydrogen-bond acceptors (Lipinski definition) is 1. The Labute approximate surface area is 25.7 Å². The number of aliphatic hydroxyl groups excluding tert-OH is 1. The maximum Gasteiger partial charge on any atom is 0 e. The van der Waals surface area contributed by atoms with Crippen molar-refractivity contribution in [1.29, 1.82) is 0 Å². The van der Waals surface area contributed by atoms with Crippen LogP contribution in [0.15, 0.2) is 0 Å². The first-order chi connectivity index (χ1) is 2.00. The predicted octanol–water partition coefficient (Wildman–Crippen LogP) is -0.347. The van der Waals surface area contributed by atoms with Crippen LogP contribution in [0.5, 0.6) is 0 Å². The summed E-state index contributed by atoms with van der Waals surface area (Å²) in [5.41, 5.74) is 0. The van der Waals surface area contributed by atoms with Gasteiger partial charge in [0.05, 0.1) is 0 Å². The fraction of sp³-hybridized carbons (Fsp3) is 0. The molecule has 0 unspecified atom stereocenters. The van der Waals surface area contributed by atoms with Gasteiger partial charge >= 0.3 is 0 Å². The van der Waals surface area contributed by atoms with Gasteiger partial charge in [-0.05, 0) is 0 Å². The van der Waals surface area contributed by atoms with E-state index in [2.05, 4.69) is 14.2 Å². The minimum atomic E-state index is 0. The van der Waals surface area contributed by atoms with Gasteiger partial charge in [-0.15, -0.1) is 0 Å². The Morgan fingerprint density at radius 1 is 1.20 bits per heavy atom. The van der Waals surface area contributed by atoms with E-state index in [0.717, 1.165) is 0 Å². The molecule has 0 saturated carbocycles. The predicted molar refractivity (Wildman–Crippen MR) is 16.3 cm³/mol. The van der Waals surface area contributed by atoms with Crippen molar-refractivity contribution in [3.05, 3.63) is 14.2 Å². The molecule has 0 aliphatic rings. The third kappa shape index (κ3) is 2.12. The van der Waals surface area contributed by atoms with Gasteiger partial charge in [-0.3, -0.25) is 0 Å². The molecule has 3 heteroatoms. The summed E-state index contributed by atoms with van der Waals surface area (Å²) in [6, 6.07) is 0. The largest absolute Gasteiger partial charge is 0.593 e. The van der Waals surface area contributed by atoms with Gasteiger partial charge in [0.2, 0.25) is 0 Å². The topological polar surface area (TPSA) is 43.1 Å². The minimum Gasteiger partial charge on any atom is -0.593 e. The SMILES string of the molecule is [CH2-]O.[CH2-][OH2+].[Rf]. The van der Waals surface area contributed by atoms with E-state index in [1.807, 2.05) is 0 Å². The number of hydrogen-bond donors (Lipinski definition) is 1. The molecule has 0 fully saturated rings. The monoisotopic (exact) mass is 330 g/mol. The fourth-order valence-electron chi connectivity index (χ4n) is 0. The van der Waals surface area contributed by atoms with Gasteiger partial charge in [0.25, 0.3) is 0 Å². The van der Waals surface area contributed by atoms with Gasteiger partial charge in [-0.25, -0.2) is 7.11 Å². The van der Waals surface area contributed by atoms with Gasteiger partial charge in [-0.2, -0.15) is 0 Å². The molecule has 0 aliphatic heterocycles. The summed E-state index contributed by atoms with van der Waals surface area (Å²) in [4.78, 5) is 0. The van der Waals surface area contributed by atoms with Gasteiger partial charge in [0.1, 0.15) is 0 Å². The van der Waals surface area contributed by atoms with E-state index in [-0.39, 0.29) is 0 Å². The summed E-state index contributed by atoms with van der Waals surface area (Å²) in [6.45, 7) is 0. The second-order valence-electron chi connectivity index (χ2n) is 0. The van der Waals surface area contributed by atoms with Gasteiger partial charge in [0.15, 0.2) is 0 Å². The zero-order chi connectivity index (χ0) is 4.00. The molecule has 0 heterocycles. The van der Waals surface area contributed by atoms with Crippen LogP contribution in [0.3, 0.4) is 0 Å². The summed E-state index contributed by atoms with van der Waals surface area (Å²) in [6.07, 6.45) is 0. The maximum atomic E-state index is 6.75. The molecular weight excluding hydrogens is 323 g/mol. The molecule has 0 aromatic rings. The Morgan fingerprint density at radius 3 is 1.20 bits per heavy atom. The molecule has 0 aromatic carbocycles. The molecule has 0 aromatic heterocycles. The molecular formula is C2H7O2Rf-.